The second kappa shape index (κ2) is 11.9. The van der Waals surface area contributed by atoms with E-state index in [9.17, 15) is 18.0 Å². The van der Waals surface area contributed by atoms with Crippen LogP contribution < -0.4 is 10.1 Å². The number of carbonyl (C=O) groups is 1. The molecule has 0 saturated carbocycles. The fourth-order valence-electron chi connectivity index (χ4n) is 4.75. The van der Waals surface area contributed by atoms with Crippen molar-refractivity contribution in [2.24, 2.45) is 5.92 Å². The van der Waals surface area contributed by atoms with Gasteiger partial charge in [-0.3, -0.25) is 0 Å². The Morgan fingerprint density at radius 3 is 2.62 bits per heavy atom. The molecule has 5 nitrogen and oxygen atoms in total. The Morgan fingerprint density at radius 2 is 1.92 bits per heavy atom. The van der Waals surface area contributed by atoms with E-state index >= 15 is 0 Å². The summed E-state index contributed by atoms with van der Waals surface area (Å²) >= 11 is 1.75. The Balaban J connectivity index is 1.57. The zero-order chi connectivity index (χ0) is 26.4. The predicted octanol–water partition coefficient (Wildman–Crippen LogP) is 6.59. The van der Waals surface area contributed by atoms with E-state index < -0.39 is 17.7 Å². The van der Waals surface area contributed by atoms with Crippen LogP contribution in [0.5, 0.6) is 5.88 Å². The van der Waals surface area contributed by atoms with Crippen LogP contribution in [-0.4, -0.2) is 41.9 Å². The molecule has 9 heteroatoms. The highest BCUT2D eigenvalue weighted by Crippen LogP contribution is 2.43. The molecule has 1 aliphatic carbocycles. The monoisotopic (exact) mass is 529 g/mol. The summed E-state index contributed by atoms with van der Waals surface area (Å²) in [4.78, 5) is 20.0. The van der Waals surface area contributed by atoms with Crippen LogP contribution in [0.15, 0.2) is 77.4 Å². The average Bonchev–Trinajstić information content (AvgIpc) is 3.15. The lowest BCUT2D eigenvalue weighted by molar-refractivity contribution is -0.137. The number of urea groups is 1. The third-order valence-corrected chi connectivity index (χ3v) is 7.48. The van der Waals surface area contributed by atoms with Gasteiger partial charge in [-0.05, 0) is 35.9 Å². The number of rotatable bonds is 7. The van der Waals surface area contributed by atoms with Crippen LogP contribution in [0.3, 0.4) is 0 Å². The third kappa shape index (κ3) is 6.57. The fourth-order valence-corrected chi connectivity index (χ4v) is 5.41. The molecule has 37 heavy (non-hydrogen) atoms. The summed E-state index contributed by atoms with van der Waals surface area (Å²) in [5, 5.41) is 2.97. The quantitative estimate of drug-likeness (QED) is 0.411. The number of nitrogens with zero attached hydrogens (tertiary/aromatic N) is 2. The number of alkyl halides is 3. The number of aromatic nitrogens is 1. The van der Waals surface area contributed by atoms with E-state index in [1.165, 1.54) is 12.0 Å². The number of thioether (sulfide) groups is 1. The van der Waals surface area contributed by atoms with Gasteiger partial charge in [0.25, 0.3) is 0 Å². The van der Waals surface area contributed by atoms with Gasteiger partial charge in [0.15, 0.2) is 0 Å². The van der Waals surface area contributed by atoms with E-state index in [0.29, 0.717) is 25.1 Å². The van der Waals surface area contributed by atoms with Crippen molar-refractivity contribution >= 4 is 17.8 Å². The van der Waals surface area contributed by atoms with E-state index in [0.717, 1.165) is 29.2 Å². The lowest BCUT2D eigenvalue weighted by Crippen LogP contribution is -2.38. The first-order valence-electron chi connectivity index (χ1n) is 12.2. The number of hydrogen-bond acceptors (Lipinski definition) is 4. The second-order valence-corrected chi connectivity index (χ2v) is 10.3. The Morgan fingerprint density at radius 1 is 1.16 bits per heavy atom. The standard InChI is InChI=1S/C28H30F3N3O2S/c1-3-37-22-12-10-19(11-13-22)15-33-27(35)34-17-24(20-8-6-4-5-7-9-20)25(18-34)23-14-21(28(29,30)31)16-32-26(23)36-2/h4-8,10-14,16,24-25H,3,9,15,17-18H2,1-2H3,(H,33,35). The van der Waals surface area contributed by atoms with Crippen LogP contribution >= 0.6 is 11.8 Å². The van der Waals surface area contributed by atoms with Crippen molar-refractivity contribution in [1.29, 1.82) is 0 Å². The number of hydrogen-bond donors (Lipinski definition) is 1. The van der Waals surface area contributed by atoms with Crippen molar-refractivity contribution in [3.63, 3.8) is 0 Å². The normalized spacial score (nSPS) is 19.5. The first kappa shape index (κ1) is 26.9. The first-order valence-corrected chi connectivity index (χ1v) is 13.2. The molecule has 1 aromatic heterocycles. The molecule has 2 atom stereocenters. The zero-order valence-corrected chi connectivity index (χ0v) is 21.6. The number of carbonyl (C=O) groups excluding carboxylic acids is 1. The van der Waals surface area contributed by atoms with E-state index in [1.807, 2.05) is 54.6 Å². The molecule has 2 unspecified atom stereocenters. The van der Waals surface area contributed by atoms with Crippen LogP contribution in [0.4, 0.5) is 18.0 Å². The van der Waals surface area contributed by atoms with Crippen molar-refractivity contribution in [3.05, 3.63) is 89.2 Å². The van der Waals surface area contributed by atoms with Crippen LogP contribution in [0.25, 0.3) is 0 Å². The van der Waals surface area contributed by atoms with Gasteiger partial charge in [0.1, 0.15) is 0 Å². The average molecular weight is 530 g/mol. The summed E-state index contributed by atoms with van der Waals surface area (Å²) in [7, 11) is 1.40. The van der Waals surface area contributed by atoms with Crippen LogP contribution in [0, 0.1) is 5.92 Å². The van der Waals surface area contributed by atoms with Crippen molar-refractivity contribution in [3.8, 4) is 5.88 Å². The van der Waals surface area contributed by atoms with E-state index in [1.54, 1.807) is 16.7 Å². The second-order valence-electron chi connectivity index (χ2n) is 8.93. The van der Waals surface area contributed by atoms with Gasteiger partial charge in [0.2, 0.25) is 5.88 Å². The summed E-state index contributed by atoms with van der Waals surface area (Å²) in [6.07, 6.45) is 6.68. The molecule has 2 heterocycles. The van der Waals surface area contributed by atoms with Gasteiger partial charge in [-0.2, -0.15) is 13.2 Å². The highest BCUT2D eigenvalue weighted by molar-refractivity contribution is 7.99. The van der Waals surface area contributed by atoms with Crippen molar-refractivity contribution in [2.75, 3.05) is 26.0 Å². The maximum Gasteiger partial charge on any atom is 0.417 e. The number of benzene rings is 1. The minimum atomic E-state index is -4.53. The number of methoxy groups -OCH3 is 1. The van der Waals surface area contributed by atoms with E-state index in [4.69, 9.17) is 4.74 Å². The molecule has 4 rings (SSSR count). The van der Waals surface area contributed by atoms with E-state index in [-0.39, 0.29) is 24.4 Å². The fraction of sp³-hybridized carbons (Fsp3) is 0.357. The lowest BCUT2D eigenvalue weighted by Gasteiger charge is -2.23. The number of pyridine rings is 1. The molecule has 0 bridgehead atoms. The molecule has 1 aliphatic heterocycles. The first-order chi connectivity index (χ1) is 17.8. The third-order valence-electron chi connectivity index (χ3n) is 6.58. The lowest BCUT2D eigenvalue weighted by atomic mass is 9.82. The molecule has 1 N–H and O–H groups in total. The molecule has 2 aromatic rings. The molecule has 1 aromatic carbocycles. The molecule has 2 aliphatic rings. The Labute approximate surface area is 219 Å². The van der Waals surface area contributed by atoms with Gasteiger partial charge in [-0.1, -0.05) is 55.0 Å². The van der Waals surface area contributed by atoms with Gasteiger partial charge in [0.05, 0.1) is 12.7 Å². The molecule has 0 spiro atoms. The molecular weight excluding hydrogens is 499 g/mol. The highest BCUT2D eigenvalue weighted by atomic mass is 32.2. The Kier molecular flexibility index (Phi) is 8.63. The summed E-state index contributed by atoms with van der Waals surface area (Å²) < 4.78 is 46.0. The molecule has 1 fully saturated rings. The summed E-state index contributed by atoms with van der Waals surface area (Å²) in [5.74, 6) is 0.562. The number of ether oxygens (including phenoxy) is 1. The molecule has 196 valence electrons. The van der Waals surface area contributed by atoms with Crippen molar-refractivity contribution in [2.45, 2.75) is 36.9 Å². The van der Waals surface area contributed by atoms with Crippen LogP contribution in [0.1, 0.15) is 36.0 Å². The maximum absolute atomic E-state index is 13.5. The predicted molar refractivity (Wildman–Crippen MR) is 140 cm³/mol. The number of amides is 2. The smallest absolute Gasteiger partial charge is 0.417 e. The van der Waals surface area contributed by atoms with Gasteiger partial charge >= 0.3 is 12.2 Å². The van der Waals surface area contributed by atoms with E-state index in [2.05, 4.69) is 17.2 Å². The van der Waals surface area contributed by atoms with Crippen molar-refractivity contribution in [1.82, 2.24) is 15.2 Å². The number of halogens is 3. The van der Waals surface area contributed by atoms with Gasteiger partial charge in [-0.25, -0.2) is 9.78 Å². The van der Waals surface area contributed by atoms with Crippen LogP contribution in [0.2, 0.25) is 0 Å². The minimum Gasteiger partial charge on any atom is -0.481 e. The summed E-state index contributed by atoms with van der Waals surface area (Å²) in [6, 6.07) is 8.90. The minimum absolute atomic E-state index is 0.149. The van der Waals surface area contributed by atoms with Gasteiger partial charge < -0.3 is 15.0 Å². The van der Waals surface area contributed by atoms with Gasteiger partial charge in [0, 0.05) is 48.1 Å². The van der Waals surface area contributed by atoms with Gasteiger partial charge in [-0.15, -0.1) is 11.8 Å². The molecule has 0 radical (unpaired) electrons. The number of allylic oxidation sites excluding steroid dienone is 5. The largest absolute Gasteiger partial charge is 0.481 e. The summed E-state index contributed by atoms with van der Waals surface area (Å²) in [6.45, 7) is 3.10. The molecule has 2 amide bonds. The zero-order valence-electron chi connectivity index (χ0n) is 20.8. The summed E-state index contributed by atoms with van der Waals surface area (Å²) in [5.41, 5.74) is 1.56. The maximum atomic E-state index is 13.5. The SMILES string of the molecule is CCSc1ccc(CNC(=O)N2CC(C3=CC=CC=CC3)C(c3cc(C(F)(F)F)cnc3OC)C2)cc1. The Hall–Kier alpha value is -3.20. The molecule has 1 saturated heterocycles. The number of likely N-dealkylation sites (tertiary alicyclic amines) is 1. The Bertz CT molecular complexity index is 1190. The highest BCUT2D eigenvalue weighted by Gasteiger charge is 2.41. The topological polar surface area (TPSA) is 54.5 Å². The van der Waals surface area contributed by atoms with Crippen LogP contribution in [-0.2, 0) is 12.7 Å². The molecular formula is C28H30F3N3O2S. The number of nitrogens with one attached hydrogen (secondary N) is 1. The van der Waals surface area contributed by atoms with Crippen molar-refractivity contribution < 1.29 is 22.7 Å².